The molecule has 0 spiro atoms. The second-order valence-corrected chi connectivity index (χ2v) is 5.04. The summed E-state index contributed by atoms with van der Waals surface area (Å²) in [5.74, 6) is 0.490. The summed E-state index contributed by atoms with van der Waals surface area (Å²) < 4.78 is 0. The van der Waals surface area contributed by atoms with Crippen molar-refractivity contribution in [2.24, 2.45) is 5.92 Å². The van der Waals surface area contributed by atoms with Crippen LogP contribution in [0.4, 0.5) is 5.69 Å². The summed E-state index contributed by atoms with van der Waals surface area (Å²) in [7, 11) is 0. The number of hydrogen-bond donors (Lipinski definition) is 2. The van der Waals surface area contributed by atoms with Crippen LogP contribution in [-0.2, 0) is 0 Å². The molecule has 1 atom stereocenters. The van der Waals surface area contributed by atoms with Crippen LogP contribution in [0.5, 0.6) is 0 Å². The molecule has 1 rings (SSSR count). The van der Waals surface area contributed by atoms with Crippen LogP contribution in [0.25, 0.3) is 0 Å². The van der Waals surface area contributed by atoms with Gasteiger partial charge in [-0.25, -0.2) is 0 Å². The number of rotatable bonds is 5. The van der Waals surface area contributed by atoms with E-state index in [4.69, 9.17) is 5.26 Å². The highest BCUT2D eigenvalue weighted by molar-refractivity contribution is 5.60. The van der Waals surface area contributed by atoms with Crippen LogP contribution in [0.15, 0.2) is 6.07 Å². The Kier molecular flexibility index (Phi) is 5.11. The van der Waals surface area contributed by atoms with Gasteiger partial charge in [0.1, 0.15) is 6.07 Å². The molecule has 0 saturated heterocycles. The van der Waals surface area contributed by atoms with E-state index in [1.165, 1.54) is 0 Å². The topological polar surface area (TPSA) is 68.9 Å². The first-order chi connectivity index (χ1) is 8.47. The molecule has 0 aliphatic carbocycles. The quantitative estimate of drug-likeness (QED) is 0.838. The maximum atomic E-state index is 9.38. The molecule has 98 valence electrons. The predicted octanol–water partition coefficient (Wildman–Crippen LogP) is 2.39. The van der Waals surface area contributed by atoms with E-state index in [1.807, 2.05) is 19.9 Å². The Labute approximate surface area is 109 Å². The summed E-state index contributed by atoms with van der Waals surface area (Å²) in [6.07, 6.45) is 0.863. The highest BCUT2D eigenvalue weighted by atomic mass is 16.3. The average molecular weight is 247 g/mol. The molecular weight excluding hydrogens is 226 g/mol. The number of aromatic nitrogens is 1. The van der Waals surface area contributed by atoms with Gasteiger partial charge in [0.05, 0.1) is 23.6 Å². The highest BCUT2D eigenvalue weighted by Gasteiger charge is 2.14. The molecule has 0 aromatic carbocycles. The molecule has 4 heteroatoms. The molecule has 0 bridgehead atoms. The van der Waals surface area contributed by atoms with Crippen molar-refractivity contribution in [1.82, 2.24) is 4.98 Å². The molecule has 1 unspecified atom stereocenters. The van der Waals surface area contributed by atoms with Crippen molar-refractivity contribution in [2.75, 3.05) is 11.9 Å². The average Bonchev–Trinajstić information content (AvgIpc) is 2.27. The van der Waals surface area contributed by atoms with E-state index in [9.17, 15) is 5.11 Å². The minimum absolute atomic E-state index is 0.0294. The van der Waals surface area contributed by atoms with Gasteiger partial charge in [-0.15, -0.1) is 0 Å². The monoisotopic (exact) mass is 247 g/mol. The van der Waals surface area contributed by atoms with Crippen molar-refractivity contribution in [2.45, 2.75) is 40.2 Å². The first-order valence-corrected chi connectivity index (χ1v) is 6.23. The largest absolute Gasteiger partial charge is 0.394 e. The number of hydrogen-bond acceptors (Lipinski definition) is 4. The molecule has 1 aromatic heterocycles. The Morgan fingerprint density at radius 2 is 2.11 bits per heavy atom. The molecule has 1 aromatic rings. The molecule has 0 saturated carbocycles. The van der Waals surface area contributed by atoms with E-state index >= 15 is 0 Å². The second-order valence-electron chi connectivity index (χ2n) is 5.04. The molecule has 0 radical (unpaired) electrons. The van der Waals surface area contributed by atoms with Gasteiger partial charge in [0.25, 0.3) is 0 Å². The van der Waals surface area contributed by atoms with Gasteiger partial charge >= 0.3 is 0 Å². The lowest BCUT2D eigenvalue weighted by Gasteiger charge is -2.21. The summed E-state index contributed by atoms with van der Waals surface area (Å²) in [5.41, 5.74) is 2.92. The number of nitrogens with zero attached hydrogens (tertiary/aromatic N) is 2. The fourth-order valence-corrected chi connectivity index (χ4v) is 2.05. The molecule has 0 aliphatic rings. The third-order valence-electron chi connectivity index (χ3n) is 2.78. The Balaban J connectivity index is 2.99. The minimum Gasteiger partial charge on any atom is -0.394 e. The number of aryl methyl sites for hydroxylation is 2. The smallest absolute Gasteiger partial charge is 0.103 e. The van der Waals surface area contributed by atoms with Gasteiger partial charge in [-0.05, 0) is 32.3 Å². The predicted molar refractivity (Wildman–Crippen MR) is 72.4 cm³/mol. The molecule has 1 heterocycles. The fraction of sp³-hybridized carbons (Fsp3) is 0.571. The van der Waals surface area contributed by atoms with Crippen LogP contribution in [-0.4, -0.2) is 22.7 Å². The van der Waals surface area contributed by atoms with E-state index in [-0.39, 0.29) is 12.6 Å². The van der Waals surface area contributed by atoms with Crippen LogP contribution in [0, 0.1) is 31.1 Å². The van der Waals surface area contributed by atoms with Crippen molar-refractivity contribution in [1.29, 1.82) is 5.26 Å². The van der Waals surface area contributed by atoms with Gasteiger partial charge in [0, 0.05) is 11.7 Å². The van der Waals surface area contributed by atoms with Crippen LogP contribution in [0.2, 0.25) is 0 Å². The van der Waals surface area contributed by atoms with E-state index in [0.29, 0.717) is 11.5 Å². The van der Waals surface area contributed by atoms with Crippen molar-refractivity contribution in [3.05, 3.63) is 23.0 Å². The Morgan fingerprint density at radius 3 is 2.61 bits per heavy atom. The van der Waals surface area contributed by atoms with Gasteiger partial charge in [0.2, 0.25) is 0 Å². The van der Waals surface area contributed by atoms with Crippen molar-refractivity contribution >= 4 is 5.69 Å². The van der Waals surface area contributed by atoms with Gasteiger partial charge < -0.3 is 10.4 Å². The summed E-state index contributed by atoms with van der Waals surface area (Å²) in [4.78, 5) is 4.27. The standard InChI is InChI=1S/C14H21N3O/c1-9(2)5-12(8-18)17-14-6-10(3)16-11(4)13(14)7-15/h6,9,12,18H,5,8H2,1-4H3,(H,16,17). The zero-order chi connectivity index (χ0) is 13.7. The number of pyridine rings is 1. The van der Waals surface area contributed by atoms with Crippen LogP contribution < -0.4 is 5.32 Å². The minimum atomic E-state index is -0.0294. The van der Waals surface area contributed by atoms with E-state index in [2.05, 4.69) is 30.2 Å². The highest BCUT2D eigenvalue weighted by Crippen LogP contribution is 2.21. The van der Waals surface area contributed by atoms with Crippen molar-refractivity contribution in [3.63, 3.8) is 0 Å². The SMILES string of the molecule is Cc1cc(NC(CO)CC(C)C)c(C#N)c(C)n1. The summed E-state index contributed by atoms with van der Waals surface area (Å²) >= 11 is 0. The van der Waals surface area contributed by atoms with Crippen LogP contribution in [0.3, 0.4) is 0 Å². The summed E-state index contributed by atoms with van der Waals surface area (Å²) in [6.45, 7) is 8.00. The summed E-state index contributed by atoms with van der Waals surface area (Å²) in [5, 5.41) is 21.8. The number of anilines is 1. The van der Waals surface area contributed by atoms with Crippen LogP contribution in [0.1, 0.15) is 37.2 Å². The normalized spacial score (nSPS) is 12.3. The molecule has 4 nitrogen and oxygen atoms in total. The maximum absolute atomic E-state index is 9.38. The lowest BCUT2D eigenvalue weighted by Crippen LogP contribution is -2.26. The molecule has 0 amide bonds. The van der Waals surface area contributed by atoms with Gasteiger partial charge in [-0.2, -0.15) is 5.26 Å². The summed E-state index contributed by atoms with van der Waals surface area (Å²) in [6, 6.07) is 3.99. The van der Waals surface area contributed by atoms with Gasteiger partial charge in [-0.1, -0.05) is 13.8 Å². The third-order valence-corrected chi connectivity index (χ3v) is 2.78. The van der Waals surface area contributed by atoms with E-state index < -0.39 is 0 Å². The number of nitrogens with one attached hydrogen (secondary N) is 1. The molecule has 18 heavy (non-hydrogen) atoms. The fourth-order valence-electron chi connectivity index (χ4n) is 2.05. The maximum Gasteiger partial charge on any atom is 0.103 e. The third kappa shape index (κ3) is 3.71. The molecule has 2 N–H and O–H groups in total. The van der Waals surface area contributed by atoms with Gasteiger partial charge in [-0.3, -0.25) is 4.98 Å². The van der Waals surface area contributed by atoms with E-state index in [1.54, 1.807) is 0 Å². The van der Waals surface area contributed by atoms with Crippen molar-refractivity contribution in [3.8, 4) is 6.07 Å². The number of aliphatic hydroxyl groups is 1. The first-order valence-electron chi connectivity index (χ1n) is 6.23. The lowest BCUT2D eigenvalue weighted by atomic mass is 10.0. The Morgan fingerprint density at radius 1 is 1.44 bits per heavy atom. The number of aliphatic hydroxyl groups excluding tert-OH is 1. The lowest BCUT2D eigenvalue weighted by molar-refractivity contribution is 0.259. The van der Waals surface area contributed by atoms with Gasteiger partial charge in [0.15, 0.2) is 0 Å². The second kappa shape index (κ2) is 6.36. The Hall–Kier alpha value is -1.60. The molecule has 0 fully saturated rings. The van der Waals surface area contributed by atoms with Crippen molar-refractivity contribution < 1.29 is 5.11 Å². The molecule has 0 aliphatic heterocycles. The van der Waals surface area contributed by atoms with Crippen LogP contribution >= 0.6 is 0 Å². The molecular formula is C14H21N3O. The van der Waals surface area contributed by atoms with E-state index in [0.717, 1.165) is 23.5 Å². The zero-order valence-corrected chi connectivity index (χ0v) is 11.5. The first kappa shape index (κ1) is 14.5. The number of nitriles is 1. The Bertz CT molecular complexity index is 449. The zero-order valence-electron chi connectivity index (χ0n) is 11.5.